The molecule has 1 aromatic carbocycles. The Morgan fingerprint density at radius 1 is 1.32 bits per heavy atom. The number of aryl methyl sites for hydroxylation is 2. The van der Waals surface area contributed by atoms with Gasteiger partial charge >= 0.3 is 0 Å². The molecule has 1 N–H and O–H groups in total. The van der Waals surface area contributed by atoms with E-state index in [0.29, 0.717) is 0 Å². The standard InChI is InChI=1S/C15H20ClN3/c1-4-5-8-17-15-18-12(3)10-19(15)14-7-6-11(2)9-13(14)16/h6-7,9-10H,4-5,8H2,1-3H3,(H,17,18). The number of halogens is 1. The van der Waals surface area contributed by atoms with E-state index < -0.39 is 0 Å². The lowest BCUT2D eigenvalue weighted by Crippen LogP contribution is -2.07. The molecule has 0 bridgehead atoms. The van der Waals surface area contributed by atoms with Gasteiger partial charge in [-0.3, -0.25) is 4.57 Å². The molecule has 0 saturated carbocycles. The molecule has 2 aromatic rings. The molecule has 0 amide bonds. The summed E-state index contributed by atoms with van der Waals surface area (Å²) < 4.78 is 2.02. The van der Waals surface area contributed by atoms with Gasteiger partial charge < -0.3 is 5.32 Å². The Bertz CT molecular complexity index is 561. The van der Waals surface area contributed by atoms with Crippen LogP contribution in [0.3, 0.4) is 0 Å². The highest BCUT2D eigenvalue weighted by molar-refractivity contribution is 6.32. The molecule has 0 aliphatic rings. The summed E-state index contributed by atoms with van der Waals surface area (Å²) in [6, 6.07) is 6.07. The fraction of sp³-hybridized carbons (Fsp3) is 0.400. The molecule has 2 rings (SSSR count). The molecule has 0 fully saturated rings. The van der Waals surface area contributed by atoms with E-state index in [9.17, 15) is 0 Å². The normalized spacial score (nSPS) is 10.7. The highest BCUT2D eigenvalue weighted by atomic mass is 35.5. The Morgan fingerprint density at radius 3 is 2.79 bits per heavy atom. The first-order chi connectivity index (χ1) is 9.11. The number of rotatable bonds is 5. The summed E-state index contributed by atoms with van der Waals surface area (Å²) in [5.74, 6) is 0.858. The van der Waals surface area contributed by atoms with Gasteiger partial charge in [0.1, 0.15) is 0 Å². The molecule has 0 saturated heterocycles. The van der Waals surface area contributed by atoms with Gasteiger partial charge in [0.25, 0.3) is 0 Å². The minimum atomic E-state index is 0.746. The van der Waals surface area contributed by atoms with Gasteiger partial charge in [-0.2, -0.15) is 0 Å². The molecule has 1 aromatic heterocycles. The van der Waals surface area contributed by atoms with Crippen LogP contribution in [-0.2, 0) is 0 Å². The maximum Gasteiger partial charge on any atom is 0.207 e. The van der Waals surface area contributed by atoms with Crippen LogP contribution >= 0.6 is 11.6 Å². The molecule has 102 valence electrons. The Hall–Kier alpha value is -1.48. The van der Waals surface area contributed by atoms with Crippen LogP contribution in [0.25, 0.3) is 5.69 Å². The summed E-state index contributed by atoms with van der Waals surface area (Å²) in [5, 5.41) is 4.11. The van der Waals surface area contributed by atoms with Crippen LogP contribution in [0.1, 0.15) is 31.0 Å². The first-order valence-corrected chi connectivity index (χ1v) is 7.06. The van der Waals surface area contributed by atoms with Gasteiger partial charge in [0.2, 0.25) is 5.95 Å². The van der Waals surface area contributed by atoms with Crippen LogP contribution in [0.5, 0.6) is 0 Å². The van der Waals surface area contributed by atoms with Crippen LogP contribution in [0.2, 0.25) is 5.02 Å². The molecule has 3 nitrogen and oxygen atoms in total. The number of nitrogens with one attached hydrogen (secondary N) is 1. The van der Waals surface area contributed by atoms with Gasteiger partial charge in [0.15, 0.2) is 0 Å². The van der Waals surface area contributed by atoms with Crippen molar-refractivity contribution in [1.82, 2.24) is 9.55 Å². The number of nitrogens with zero attached hydrogens (tertiary/aromatic N) is 2. The second-order valence-corrected chi connectivity index (χ2v) is 5.22. The Kier molecular flexibility index (Phi) is 4.48. The van der Waals surface area contributed by atoms with Crippen molar-refractivity contribution in [1.29, 1.82) is 0 Å². The third-order valence-electron chi connectivity index (χ3n) is 3.00. The van der Waals surface area contributed by atoms with Crippen molar-refractivity contribution in [2.24, 2.45) is 0 Å². The summed E-state index contributed by atoms with van der Waals surface area (Å²) in [4.78, 5) is 4.52. The van der Waals surface area contributed by atoms with Gasteiger partial charge in [-0.1, -0.05) is 31.0 Å². The van der Waals surface area contributed by atoms with Gasteiger partial charge in [-0.25, -0.2) is 4.98 Å². The predicted molar refractivity (Wildman–Crippen MR) is 81.4 cm³/mol. The lowest BCUT2D eigenvalue weighted by molar-refractivity contribution is 0.823. The third kappa shape index (κ3) is 3.29. The maximum absolute atomic E-state index is 6.33. The van der Waals surface area contributed by atoms with Crippen molar-refractivity contribution in [3.8, 4) is 5.69 Å². The Balaban J connectivity index is 2.32. The molecular weight excluding hydrogens is 258 g/mol. The summed E-state index contributed by atoms with van der Waals surface area (Å²) in [5.41, 5.74) is 3.11. The van der Waals surface area contributed by atoms with Crippen molar-refractivity contribution in [2.45, 2.75) is 33.6 Å². The molecule has 0 aliphatic carbocycles. The van der Waals surface area contributed by atoms with Gasteiger partial charge in [0.05, 0.1) is 16.4 Å². The van der Waals surface area contributed by atoms with Crippen LogP contribution in [0.15, 0.2) is 24.4 Å². The summed E-state index contributed by atoms with van der Waals surface area (Å²) in [6.45, 7) is 7.13. The number of aromatic nitrogens is 2. The van der Waals surface area contributed by atoms with E-state index in [1.165, 1.54) is 0 Å². The molecule has 0 unspecified atom stereocenters. The van der Waals surface area contributed by atoms with E-state index in [1.54, 1.807) is 0 Å². The highest BCUT2D eigenvalue weighted by Gasteiger charge is 2.10. The zero-order chi connectivity index (χ0) is 13.8. The zero-order valence-electron chi connectivity index (χ0n) is 11.7. The van der Waals surface area contributed by atoms with Crippen molar-refractivity contribution < 1.29 is 0 Å². The third-order valence-corrected chi connectivity index (χ3v) is 3.31. The second-order valence-electron chi connectivity index (χ2n) is 4.81. The summed E-state index contributed by atoms with van der Waals surface area (Å²) in [7, 11) is 0. The Labute approximate surface area is 119 Å². The van der Waals surface area contributed by atoms with E-state index >= 15 is 0 Å². The monoisotopic (exact) mass is 277 g/mol. The van der Waals surface area contributed by atoms with E-state index in [4.69, 9.17) is 11.6 Å². The van der Waals surface area contributed by atoms with Crippen LogP contribution in [0, 0.1) is 13.8 Å². The van der Waals surface area contributed by atoms with Gasteiger partial charge in [0, 0.05) is 12.7 Å². The summed E-state index contributed by atoms with van der Waals surface area (Å²) in [6.07, 6.45) is 4.30. The fourth-order valence-electron chi connectivity index (χ4n) is 1.99. The topological polar surface area (TPSA) is 29.9 Å². The zero-order valence-corrected chi connectivity index (χ0v) is 12.5. The smallest absolute Gasteiger partial charge is 0.207 e. The van der Waals surface area contributed by atoms with Gasteiger partial charge in [-0.05, 0) is 38.0 Å². The van der Waals surface area contributed by atoms with E-state index in [-0.39, 0.29) is 0 Å². The van der Waals surface area contributed by atoms with Crippen molar-refractivity contribution in [3.05, 3.63) is 40.7 Å². The number of anilines is 1. The SMILES string of the molecule is CCCCNc1nc(C)cn1-c1ccc(C)cc1Cl. The number of unbranched alkanes of at least 4 members (excludes halogenated alkanes) is 1. The van der Waals surface area contributed by atoms with Crippen molar-refractivity contribution >= 4 is 17.5 Å². The average Bonchev–Trinajstić information content (AvgIpc) is 2.71. The first kappa shape index (κ1) is 13.9. The lowest BCUT2D eigenvalue weighted by Gasteiger charge is -2.11. The van der Waals surface area contributed by atoms with E-state index in [2.05, 4.69) is 23.3 Å². The first-order valence-electron chi connectivity index (χ1n) is 6.68. The highest BCUT2D eigenvalue weighted by Crippen LogP contribution is 2.25. The number of hydrogen-bond acceptors (Lipinski definition) is 2. The lowest BCUT2D eigenvalue weighted by atomic mass is 10.2. The van der Waals surface area contributed by atoms with Crippen LogP contribution in [0.4, 0.5) is 5.95 Å². The Morgan fingerprint density at radius 2 is 2.11 bits per heavy atom. The van der Waals surface area contributed by atoms with E-state index in [0.717, 1.165) is 47.3 Å². The molecule has 0 radical (unpaired) electrons. The minimum Gasteiger partial charge on any atom is -0.355 e. The molecule has 4 heteroatoms. The minimum absolute atomic E-state index is 0.746. The van der Waals surface area contributed by atoms with Gasteiger partial charge in [-0.15, -0.1) is 0 Å². The maximum atomic E-state index is 6.33. The second kappa shape index (κ2) is 6.11. The molecular formula is C15H20ClN3. The number of imidazole rings is 1. The quantitative estimate of drug-likeness (QED) is 0.823. The molecule has 19 heavy (non-hydrogen) atoms. The van der Waals surface area contributed by atoms with Crippen molar-refractivity contribution in [2.75, 3.05) is 11.9 Å². The number of hydrogen-bond donors (Lipinski definition) is 1. The summed E-state index contributed by atoms with van der Waals surface area (Å²) >= 11 is 6.33. The number of benzene rings is 1. The van der Waals surface area contributed by atoms with E-state index in [1.807, 2.05) is 36.7 Å². The predicted octanol–water partition coefficient (Wildman–Crippen LogP) is 4.35. The molecule has 0 spiro atoms. The van der Waals surface area contributed by atoms with Crippen LogP contribution < -0.4 is 5.32 Å². The van der Waals surface area contributed by atoms with Crippen LogP contribution in [-0.4, -0.2) is 16.1 Å². The molecule has 0 atom stereocenters. The molecule has 0 aliphatic heterocycles. The average molecular weight is 278 g/mol. The largest absolute Gasteiger partial charge is 0.355 e. The fourth-order valence-corrected chi connectivity index (χ4v) is 2.32. The molecule has 1 heterocycles. The van der Waals surface area contributed by atoms with Crippen molar-refractivity contribution in [3.63, 3.8) is 0 Å².